The molecule has 0 amide bonds. The molecule has 1 aliphatic carbocycles. The Hall–Kier alpha value is 0.640. The summed E-state index contributed by atoms with van der Waals surface area (Å²) in [6.07, 6.45) is 13.8. The van der Waals surface area contributed by atoms with E-state index in [1.54, 1.807) is 0 Å². The Bertz CT molecular complexity index is 119. The van der Waals surface area contributed by atoms with Crippen LogP contribution in [0.3, 0.4) is 0 Å². The summed E-state index contributed by atoms with van der Waals surface area (Å²) in [7, 11) is 6.06. The van der Waals surface area contributed by atoms with Gasteiger partial charge in [0, 0.05) is 0 Å². The minimum atomic E-state index is 0.151. The molecule has 1 rings (SSSR count). The van der Waals surface area contributed by atoms with Crippen molar-refractivity contribution >= 4 is 20.8 Å². The monoisotopic (exact) mass is 221 g/mol. The number of unbranched alkanes of at least 4 members (excludes halogenated alkanes) is 2. The Kier molecular flexibility index (Phi) is 6.31. The van der Waals surface area contributed by atoms with Crippen LogP contribution in [0.15, 0.2) is 0 Å². The number of hydrogen-bond donors (Lipinski definition) is 0. The minimum Gasteiger partial charge on any atom is -0.0530 e. The lowest BCUT2D eigenvalue weighted by Crippen LogP contribution is -1.97. The van der Waals surface area contributed by atoms with E-state index in [9.17, 15) is 0 Å². The van der Waals surface area contributed by atoms with Gasteiger partial charge in [-0.2, -0.15) is 0 Å². The van der Waals surface area contributed by atoms with E-state index in [0.717, 1.165) is 5.92 Å². The molecule has 1 aliphatic rings. The van der Waals surface area contributed by atoms with Crippen molar-refractivity contribution in [1.29, 1.82) is 0 Å². The maximum atomic E-state index is 5.91. The predicted octanol–water partition coefficient (Wildman–Crippen LogP) is 4.14. The largest absolute Gasteiger partial charge is 0.175 e. The highest BCUT2D eigenvalue weighted by Crippen LogP contribution is 2.29. The number of rotatable bonds is 6. The number of hydrogen-bond acceptors (Lipinski definition) is 0. The maximum Gasteiger partial charge on any atom is 0.175 e. The van der Waals surface area contributed by atoms with Crippen LogP contribution in [0, 0.1) is 5.92 Å². The van der Waals surface area contributed by atoms with Gasteiger partial charge in [-0.05, 0) is 18.8 Å². The standard InChI is InChI=1S/C11H22ClS/c1-13(12)10-6-2-3-7-11-8-4-5-9-11/h11H,2-10H2,1H3/q+1. The summed E-state index contributed by atoms with van der Waals surface area (Å²) in [6.45, 7) is 0. The Balaban J connectivity index is 1.83. The van der Waals surface area contributed by atoms with Gasteiger partial charge in [0.1, 0.15) is 12.0 Å². The fraction of sp³-hybridized carbons (Fsp3) is 1.00. The minimum absolute atomic E-state index is 0.151. The smallest absolute Gasteiger partial charge is 0.0530 e. The molecule has 1 unspecified atom stereocenters. The van der Waals surface area contributed by atoms with Gasteiger partial charge in [0.2, 0.25) is 0 Å². The van der Waals surface area contributed by atoms with Crippen molar-refractivity contribution < 1.29 is 0 Å². The summed E-state index contributed by atoms with van der Waals surface area (Å²) < 4.78 is 0. The van der Waals surface area contributed by atoms with E-state index in [2.05, 4.69) is 6.26 Å². The van der Waals surface area contributed by atoms with Crippen molar-refractivity contribution in [3.63, 3.8) is 0 Å². The van der Waals surface area contributed by atoms with Crippen LogP contribution in [0.25, 0.3) is 0 Å². The van der Waals surface area contributed by atoms with Gasteiger partial charge in [-0.3, -0.25) is 0 Å². The van der Waals surface area contributed by atoms with E-state index in [0.29, 0.717) is 0 Å². The zero-order valence-electron chi connectivity index (χ0n) is 8.73. The first kappa shape index (κ1) is 11.7. The van der Waals surface area contributed by atoms with Gasteiger partial charge in [-0.15, -0.1) is 0 Å². The summed E-state index contributed by atoms with van der Waals surface area (Å²) in [5, 5.41) is 0. The summed E-state index contributed by atoms with van der Waals surface area (Å²) in [4.78, 5) is 0. The molecular formula is C11H22ClS+. The molecule has 0 bridgehead atoms. The fourth-order valence-electron chi connectivity index (χ4n) is 2.21. The fourth-order valence-corrected chi connectivity index (χ4v) is 3.14. The lowest BCUT2D eigenvalue weighted by molar-refractivity contribution is 0.472. The molecule has 0 aliphatic heterocycles. The molecule has 1 saturated carbocycles. The van der Waals surface area contributed by atoms with Crippen molar-refractivity contribution in [2.24, 2.45) is 5.92 Å². The van der Waals surface area contributed by atoms with Crippen LogP contribution in [0.1, 0.15) is 51.4 Å². The van der Waals surface area contributed by atoms with Gasteiger partial charge >= 0.3 is 0 Å². The second-order valence-electron chi connectivity index (χ2n) is 4.26. The first-order valence-electron chi connectivity index (χ1n) is 5.58. The first-order chi connectivity index (χ1) is 6.29. The topological polar surface area (TPSA) is 0 Å². The highest BCUT2D eigenvalue weighted by molar-refractivity contribution is 8.17. The zero-order chi connectivity index (χ0) is 9.52. The summed E-state index contributed by atoms with van der Waals surface area (Å²) in [5.74, 6) is 2.31. The first-order valence-corrected chi connectivity index (χ1v) is 8.20. The molecule has 0 spiro atoms. The second-order valence-corrected chi connectivity index (χ2v) is 7.35. The molecule has 78 valence electrons. The van der Waals surface area contributed by atoms with E-state index in [-0.39, 0.29) is 10.1 Å². The van der Waals surface area contributed by atoms with Gasteiger partial charge in [-0.1, -0.05) is 38.5 Å². The van der Waals surface area contributed by atoms with E-state index >= 15 is 0 Å². The summed E-state index contributed by atoms with van der Waals surface area (Å²) in [5.41, 5.74) is 0. The van der Waals surface area contributed by atoms with Crippen molar-refractivity contribution in [3.8, 4) is 0 Å². The molecule has 0 saturated heterocycles. The van der Waals surface area contributed by atoms with Crippen molar-refractivity contribution in [3.05, 3.63) is 0 Å². The molecule has 0 aromatic carbocycles. The lowest BCUT2D eigenvalue weighted by atomic mass is 10.0. The molecular weight excluding hydrogens is 200 g/mol. The molecule has 0 aromatic heterocycles. The molecule has 2 heteroatoms. The molecule has 0 N–H and O–H groups in total. The molecule has 0 nitrogen and oxygen atoms in total. The zero-order valence-corrected chi connectivity index (χ0v) is 10.3. The van der Waals surface area contributed by atoms with Gasteiger partial charge in [-0.25, -0.2) is 0 Å². The van der Waals surface area contributed by atoms with Crippen molar-refractivity contribution in [1.82, 2.24) is 0 Å². The van der Waals surface area contributed by atoms with E-state index in [1.165, 1.54) is 57.1 Å². The highest BCUT2D eigenvalue weighted by atomic mass is 35.7. The Morgan fingerprint density at radius 3 is 2.46 bits per heavy atom. The van der Waals surface area contributed by atoms with Crippen molar-refractivity contribution in [2.75, 3.05) is 12.0 Å². The van der Waals surface area contributed by atoms with Gasteiger partial charge < -0.3 is 0 Å². The third-order valence-corrected chi connectivity index (χ3v) is 4.33. The molecule has 0 radical (unpaired) electrons. The van der Waals surface area contributed by atoms with E-state index < -0.39 is 0 Å². The predicted molar refractivity (Wildman–Crippen MR) is 64.4 cm³/mol. The Morgan fingerprint density at radius 2 is 1.85 bits per heavy atom. The van der Waals surface area contributed by atoms with Gasteiger partial charge in [0.05, 0.1) is 10.1 Å². The van der Waals surface area contributed by atoms with Crippen LogP contribution in [-0.2, 0) is 10.1 Å². The SMILES string of the molecule is C[S+](Cl)CCCCCC1CCCC1. The molecule has 1 atom stereocenters. The van der Waals surface area contributed by atoms with Crippen LogP contribution < -0.4 is 0 Å². The van der Waals surface area contributed by atoms with E-state index in [1.807, 2.05) is 0 Å². The highest BCUT2D eigenvalue weighted by Gasteiger charge is 2.14. The quantitative estimate of drug-likeness (QED) is 0.467. The van der Waals surface area contributed by atoms with Crippen LogP contribution in [-0.4, -0.2) is 12.0 Å². The van der Waals surface area contributed by atoms with E-state index in [4.69, 9.17) is 10.7 Å². The third kappa shape index (κ3) is 5.85. The lowest BCUT2D eigenvalue weighted by Gasteiger charge is -2.06. The maximum absolute atomic E-state index is 5.91. The van der Waals surface area contributed by atoms with Crippen LogP contribution in [0.5, 0.6) is 0 Å². The molecule has 0 aromatic rings. The normalized spacial score (nSPS) is 20.8. The van der Waals surface area contributed by atoms with Crippen molar-refractivity contribution in [2.45, 2.75) is 51.4 Å². The summed E-state index contributed by atoms with van der Waals surface area (Å²) in [6, 6.07) is 0. The molecule has 13 heavy (non-hydrogen) atoms. The van der Waals surface area contributed by atoms with Crippen LogP contribution in [0.4, 0.5) is 0 Å². The average Bonchev–Trinajstić information content (AvgIpc) is 2.55. The van der Waals surface area contributed by atoms with Gasteiger partial charge in [0.25, 0.3) is 0 Å². The summed E-state index contributed by atoms with van der Waals surface area (Å²) >= 11 is 0. The van der Waals surface area contributed by atoms with Crippen LogP contribution in [0.2, 0.25) is 0 Å². The molecule has 1 fully saturated rings. The molecule has 0 heterocycles. The van der Waals surface area contributed by atoms with Crippen LogP contribution >= 0.6 is 10.7 Å². The Morgan fingerprint density at radius 1 is 1.15 bits per heavy atom. The number of halogens is 1. The Labute approximate surface area is 90.3 Å². The van der Waals surface area contributed by atoms with Gasteiger partial charge in [0.15, 0.2) is 10.7 Å². The third-order valence-electron chi connectivity index (χ3n) is 3.01. The second kappa shape index (κ2) is 7.00. The average molecular weight is 222 g/mol.